The Kier molecular flexibility index (Phi) is 8.44. The molecule has 8 nitrogen and oxygen atoms in total. The zero-order valence-corrected chi connectivity index (χ0v) is 18.1. The Morgan fingerprint density at radius 1 is 1.21 bits per heavy atom. The van der Waals surface area contributed by atoms with E-state index in [-0.39, 0.29) is 11.8 Å². The first-order valence-electron chi connectivity index (χ1n) is 11.2. The van der Waals surface area contributed by atoms with Crippen LogP contribution in [0.3, 0.4) is 0 Å². The molecule has 3 aliphatic heterocycles. The van der Waals surface area contributed by atoms with Gasteiger partial charge in [-0.25, -0.2) is 5.43 Å². The molecule has 0 aliphatic carbocycles. The number of methoxy groups -OCH3 is 1. The summed E-state index contributed by atoms with van der Waals surface area (Å²) in [5, 5.41) is 4.07. The summed E-state index contributed by atoms with van der Waals surface area (Å²) in [6, 6.07) is 0.435. The predicted octanol–water partition coefficient (Wildman–Crippen LogP) is 0.924. The Balaban J connectivity index is 1.61. The van der Waals surface area contributed by atoms with Crippen molar-refractivity contribution in [2.24, 2.45) is 11.0 Å². The maximum Gasteiger partial charge on any atom is 0.270 e. The molecule has 3 rings (SSSR count). The third-order valence-corrected chi connectivity index (χ3v) is 6.57. The van der Waals surface area contributed by atoms with Gasteiger partial charge in [-0.2, -0.15) is 5.10 Å². The van der Waals surface area contributed by atoms with E-state index in [1.54, 1.807) is 7.11 Å². The SMILES string of the molecule is CCN1CCCC1CN(CC1CCN(CCOC)CC1)C(=O)C1=NNC(=O)CC1. The lowest BCUT2D eigenvalue weighted by Crippen LogP contribution is -2.49. The van der Waals surface area contributed by atoms with Gasteiger partial charge in [0.1, 0.15) is 5.71 Å². The van der Waals surface area contributed by atoms with Crippen LogP contribution in [-0.2, 0) is 14.3 Å². The fourth-order valence-corrected chi connectivity index (χ4v) is 4.75. The Bertz CT molecular complexity index is 589. The Labute approximate surface area is 174 Å². The minimum Gasteiger partial charge on any atom is -0.383 e. The van der Waals surface area contributed by atoms with E-state index < -0.39 is 0 Å². The predicted molar refractivity (Wildman–Crippen MR) is 113 cm³/mol. The van der Waals surface area contributed by atoms with Gasteiger partial charge in [0.2, 0.25) is 5.91 Å². The van der Waals surface area contributed by atoms with Crippen LogP contribution in [0.15, 0.2) is 5.10 Å². The molecule has 1 unspecified atom stereocenters. The number of nitrogens with one attached hydrogen (secondary N) is 1. The number of hydrogen-bond acceptors (Lipinski definition) is 6. The highest BCUT2D eigenvalue weighted by molar-refractivity contribution is 6.39. The van der Waals surface area contributed by atoms with E-state index in [2.05, 4.69) is 27.3 Å². The van der Waals surface area contributed by atoms with E-state index in [9.17, 15) is 9.59 Å². The third-order valence-electron chi connectivity index (χ3n) is 6.57. The first-order chi connectivity index (χ1) is 14.1. The largest absolute Gasteiger partial charge is 0.383 e. The fourth-order valence-electron chi connectivity index (χ4n) is 4.75. The Morgan fingerprint density at radius 2 is 2.00 bits per heavy atom. The smallest absolute Gasteiger partial charge is 0.270 e. The van der Waals surface area contributed by atoms with E-state index in [0.717, 1.165) is 71.7 Å². The molecule has 0 aromatic heterocycles. The number of likely N-dealkylation sites (tertiary alicyclic amines) is 2. The van der Waals surface area contributed by atoms with E-state index in [4.69, 9.17) is 4.74 Å². The molecule has 2 amide bonds. The molecule has 2 fully saturated rings. The molecule has 29 heavy (non-hydrogen) atoms. The highest BCUT2D eigenvalue weighted by Gasteiger charge is 2.32. The van der Waals surface area contributed by atoms with Crippen LogP contribution in [0.5, 0.6) is 0 Å². The number of likely N-dealkylation sites (N-methyl/N-ethyl adjacent to an activating group) is 1. The molecular weight excluding hydrogens is 370 g/mol. The van der Waals surface area contributed by atoms with Gasteiger partial charge in [-0.15, -0.1) is 0 Å². The summed E-state index contributed by atoms with van der Waals surface area (Å²) in [6.07, 6.45) is 5.36. The van der Waals surface area contributed by atoms with Gasteiger partial charge < -0.3 is 14.5 Å². The first-order valence-corrected chi connectivity index (χ1v) is 11.2. The average Bonchev–Trinajstić information content (AvgIpc) is 3.20. The molecule has 1 atom stereocenters. The topological polar surface area (TPSA) is 77.5 Å². The van der Waals surface area contributed by atoms with Crippen LogP contribution in [-0.4, -0.2) is 97.8 Å². The standard InChI is InChI=1S/C21H37N5O3/c1-3-25-10-4-5-18(25)16-26(21(28)19-6-7-20(27)23-22-19)15-17-8-11-24(12-9-17)13-14-29-2/h17-18H,3-16H2,1-2H3,(H,23,27). The maximum atomic E-state index is 13.3. The molecule has 2 saturated heterocycles. The summed E-state index contributed by atoms with van der Waals surface area (Å²) in [7, 11) is 1.75. The minimum atomic E-state index is -0.107. The van der Waals surface area contributed by atoms with Crippen molar-refractivity contribution in [3.8, 4) is 0 Å². The van der Waals surface area contributed by atoms with Crippen LogP contribution in [0.4, 0.5) is 0 Å². The lowest BCUT2D eigenvalue weighted by atomic mass is 9.95. The number of rotatable bonds is 9. The van der Waals surface area contributed by atoms with Crippen LogP contribution in [0.1, 0.15) is 45.4 Å². The Morgan fingerprint density at radius 3 is 2.66 bits per heavy atom. The average molecular weight is 408 g/mol. The number of hydrogen-bond donors (Lipinski definition) is 1. The van der Waals surface area contributed by atoms with Crippen molar-refractivity contribution in [2.45, 2.75) is 51.5 Å². The third kappa shape index (κ3) is 6.23. The number of ether oxygens (including phenoxy) is 1. The van der Waals surface area contributed by atoms with Gasteiger partial charge in [0.25, 0.3) is 5.91 Å². The second-order valence-electron chi connectivity index (χ2n) is 8.51. The number of carbonyl (C=O) groups excluding carboxylic acids is 2. The first kappa shape index (κ1) is 22.2. The molecule has 1 N–H and O–H groups in total. The summed E-state index contributed by atoms with van der Waals surface area (Å²) < 4.78 is 5.19. The van der Waals surface area contributed by atoms with Crippen molar-refractivity contribution >= 4 is 17.5 Å². The number of hydrazone groups is 1. The van der Waals surface area contributed by atoms with Crippen molar-refractivity contribution in [1.82, 2.24) is 20.1 Å². The van der Waals surface area contributed by atoms with E-state index >= 15 is 0 Å². The summed E-state index contributed by atoms with van der Waals surface area (Å²) in [6.45, 7) is 9.79. The molecular formula is C21H37N5O3. The second kappa shape index (κ2) is 11.0. The number of carbonyl (C=O) groups is 2. The number of piperidine rings is 1. The summed E-state index contributed by atoms with van der Waals surface area (Å²) in [4.78, 5) is 31.6. The van der Waals surface area contributed by atoms with E-state index in [1.165, 1.54) is 6.42 Å². The van der Waals surface area contributed by atoms with Crippen molar-refractivity contribution in [3.05, 3.63) is 0 Å². The van der Waals surface area contributed by atoms with E-state index in [0.29, 0.717) is 30.5 Å². The van der Waals surface area contributed by atoms with Crippen molar-refractivity contribution in [1.29, 1.82) is 0 Å². The van der Waals surface area contributed by atoms with Gasteiger partial charge in [-0.05, 0) is 57.8 Å². The monoisotopic (exact) mass is 407 g/mol. The van der Waals surface area contributed by atoms with Gasteiger partial charge in [-0.1, -0.05) is 6.92 Å². The van der Waals surface area contributed by atoms with Crippen molar-refractivity contribution in [3.63, 3.8) is 0 Å². The summed E-state index contributed by atoms with van der Waals surface area (Å²) >= 11 is 0. The molecule has 0 saturated carbocycles. The van der Waals surface area contributed by atoms with Gasteiger partial charge >= 0.3 is 0 Å². The lowest BCUT2D eigenvalue weighted by molar-refractivity contribution is -0.126. The van der Waals surface area contributed by atoms with Gasteiger partial charge in [0, 0.05) is 45.6 Å². The van der Waals surface area contributed by atoms with Crippen molar-refractivity contribution in [2.75, 3.05) is 59.5 Å². The second-order valence-corrected chi connectivity index (χ2v) is 8.51. The maximum absolute atomic E-state index is 13.3. The number of nitrogens with zero attached hydrogens (tertiary/aromatic N) is 4. The van der Waals surface area contributed by atoms with Crippen LogP contribution in [0.2, 0.25) is 0 Å². The highest BCUT2D eigenvalue weighted by Crippen LogP contribution is 2.22. The van der Waals surface area contributed by atoms with Gasteiger partial charge in [-0.3, -0.25) is 14.5 Å². The quantitative estimate of drug-likeness (QED) is 0.615. The number of amides is 2. The fraction of sp³-hybridized carbons (Fsp3) is 0.857. The highest BCUT2D eigenvalue weighted by atomic mass is 16.5. The normalized spacial score (nSPS) is 24.4. The molecule has 0 spiro atoms. The Hall–Kier alpha value is -1.51. The summed E-state index contributed by atoms with van der Waals surface area (Å²) in [5.74, 6) is 0.423. The molecule has 3 aliphatic rings. The molecule has 0 bridgehead atoms. The zero-order valence-electron chi connectivity index (χ0n) is 18.1. The molecule has 164 valence electrons. The van der Waals surface area contributed by atoms with Crippen LogP contribution in [0, 0.1) is 5.92 Å². The van der Waals surface area contributed by atoms with E-state index in [1.807, 2.05) is 4.90 Å². The van der Waals surface area contributed by atoms with Crippen LogP contribution < -0.4 is 5.43 Å². The van der Waals surface area contributed by atoms with Gasteiger partial charge in [0.05, 0.1) is 6.61 Å². The minimum absolute atomic E-state index is 0.00904. The molecule has 0 aromatic rings. The molecule has 0 radical (unpaired) electrons. The molecule has 8 heteroatoms. The zero-order chi connectivity index (χ0) is 20.6. The molecule has 0 aromatic carbocycles. The van der Waals surface area contributed by atoms with Crippen molar-refractivity contribution < 1.29 is 14.3 Å². The van der Waals surface area contributed by atoms with Crippen LogP contribution >= 0.6 is 0 Å². The van der Waals surface area contributed by atoms with Crippen LogP contribution in [0.25, 0.3) is 0 Å². The summed E-state index contributed by atoms with van der Waals surface area (Å²) in [5.41, 5.74) is 2.99. The van der Waals surface area contributed by atoms with Gasteiger partial charge in [0.15, 0.2) is 0 Å². The lowest BCUT2D eigenvalue weighted by Gasteiger charge is -2.37. The molecule has 3 heterocycles.